The standard InChI is InChI=1S/C28H36O2/c1-15-7-17(3)23(25(29)19(15)5)27-10-21-9-22(11-27)13-28(12-21,14-27)24-18(4)8-16(2)20(6)26(24)30/h7-8,21-22,29-30H,9-14H2,1-6H3. The SMILES string of the molecule is Cc1cc(C)c(C23CC4CC(C2)CC(c2c(C)cc(C)c(C)c2O)(C4)C3)c(O)c1C. The number of aryl methyl sites for hydroxylation is 4. The predicted molar refractivity (Wildman–Crippen MR) is 123 cm³/mol. The number of rotatable bonds is 2. The molecule has 0 spiro atoms. The molecule has 0 unspecified atom stereocenters. The first-order chi connectivity index (χ1) is 14.1. The lowest BCUT2D eigenvalue weighted by Gasteiger charge is -2.63. The zero-order valence-electron chi connectivity index (χ0n) is 19.4. The van der Waals surface area contributed by atoms with Crippen LogP contribution < -0.4 is 0 Å². The Hall–Kier alpha value is -1.96. The molecule has 4 bridgehead atoms. The van der Waals surface area contributed by atoms with Gasteiger partial charge in [-0.25, -0.2) is 0 Å². The molecule has 0 saturated heterocycles. The lowest BCUT2D eigenvalue weighted by atomic mass is 9.41. The first kappa shape index (κ1) is 20.0. The highest BCUT2D eigenvalue weighted by Gasteiger charge is 2.60. The molecule has 160 valence electrons. The Morgan fingerprint density at radius 2 is 1.00 bits per heavy atom. The molecular formula is C28H36O2. The van der Waals surface area contributed by atoms with Crippen LogP contribution in [-0.2, 0) is 10.8 Å². The molecule has 0 aliphatic heterocycles. The van der Waals surface area contributed by atoms with Crippen LogP contribution in [0.3, 0.4) is 0 Å². The van der Waals surface area contributed by atoms with Gasteiger partial charge in [0, 0.05) is 22.0 Å². The molecule has 4 aliphatic rings. The summed E-state index contributed by atoms with van der Waals surface area (Å²) in [6.45, 7) is 12.7. The summed E-state index contributed by atoms with van der Waals surface area (Å²) in [5, 5.41) is 22.6. The van der Waals surface area contributed by atoms with E-state index in [1.165, 1.54) is 65.5 Å². The summed E-state index contributed by atoms with van der Waals surface area (Å²) in [6, 6.07) is 4.54. The third-order valence-electron chi connectivity index (χ3n) is 9.14. The molecular weight excluding hydrogens is 368 g/mol. The Balaban J connectivity index is 1.72. The van der Waals surface area contributed by atoms with Crippen molar-refractivity contribution in [2.24, 2.45) is 11.8 Å². The fraction of sp³-hybridized carbons (Fsp3) is 0.571. The first-order valence-corrected chi connectivity index (χ1v) is 11.7. The van der Waals surface area contributed by atoms with E-state index in [1.807, 2.05) is 0 Å². The van der Waals surface area contributed by atoms with Crippen molar-refractivity contribution in [3.05, 3.63) is 56.6 Å². The van der Waals surface area contributed by atoms with Crippen LogP contribution in [0.25, 0.3) is 0 Å². The molecule has 4 saturated carbocycles. The third-order valence-corrected chi connectivity index (χ3v) is 9.14. The molecule has 6 rings (SSSR count). The Labute approximate surface area is 181 Å². The maximum Gasteiger partial charge on any atom is 0.122 e. The molecule has 2 heteroatoms. The maximum atomic E-state index is 11.3. The number of hydrogen-bond acceptors (Lipinski definition) is 2. The van der Waals surface area contributed by atoms with Crippen LogP contribution in [0.1, 0.15) is 83.0 Å². The van der Waals surface area contributed by atoms with Gasteiger partial charge in [-0.05, 0) is 125 Å². The summed E-state index contributed by atoms with van der Waals surface area (Å²) in [6.07, 6.45) is 7.12. The van der Waals surface area contributed by atoms with Gasteiger partial charge in [0.25, 0.3) is 0 Å². The minimum Gasteiger partial charge on any atom is -0.507 e. The fourth-order valence-corrected chi connectivity index (χ4v) is 8.32. The molecule has 0 heterocycles. The van der Waals surface area contributed by atoms with Crippen LogP contribution in [0.4, 0.5) is 0 Å². The van der Waals surface area contributed by atoms with Gasteiger partial charge in [0.1, 0.15) is 11.5 Å². The van der Waals surface area contributed by atoms with Crippen LogP contribution in [0, 0.1) is 53.4 Å². The van der Waals surface area contributed by atoms with Crippen LogP contribution in [0.2, 0.25) is 0 Å². The first-order valence-electron chi connectivity index (χ1n) is 11.7. The number of phenolic OH excluding ortho intramolecular Hbond substituents is 2. The number of benzene rings is 2. The Kier molecular flexibility index (Phi) is 4.18. The highest BCUT2D eigenvalue weighted by atomic mass is 16.3. The zero-order valence-corrected chi connectivity index (χ0v) is 19.4. The van der Waals surface area contributed by atoms with E-state index in [1.54, 1.807) is 0 Å². The van der Waals surface area contributed by atoms with Crippen LogP contribution >= 0.6 is 0 Å². The fourth-order valence-electron chi connectivity index (χ4n) is 8.32. The van der Waals surface area contributed by atoms with Crippen molar-refractivity contribution < 1.29 is 10.2 Å². The molecule has 0 atom stereocenters. The molecule has 0 amide bonds. The zero-order chi connectivity index (χ0) is 21.6. The minimum atomic E-state index is 0.0361. The van der Waals surface area contributed by atoms with E-state index in [0.717, 1.165) is 17.5 Å². The summed E-state index contributed by atoms with van der Waals surface area (Å²) < 4.78 is 0. The maximum absolute atomic E-state index is 11.3. The molecule has 4 fully saturated rings. The van der Waals surface area contributed by atoms with Crippen molar-refractivity contribution in [2.75, 3.05) is 0 Å². The average molecular weight is 405 g/mol. The smallest absolute Gasteiger partial charge is 0.122 e. The summed E-state index contributed by atoms with van der Waals surface area (Å²) >= 11 is 0. The number of phenols is 2. The predicted octanol–water partition coefficient (Wildman–Crippen LogP) is 6.74. The van der Waals surface area contributed by atoms with Gasteiger partial charge in [-0.1, -0.05) is 12.1 Å². The van der Waals surface area contributed by atoms with Gasteiger partial charge < -0.3 is 10.2 Å². The molecule has 30 heavy (non-hydrogen) atoms. The van der Waals surface area contributed by atoms with Crippen molar-refractivity contribution in [1.29, 1.82) is 0 Å². The molecule has 2 nitrogen and oxygen atoms in total. The lowest BCUT2D eigenvalue weighted by Crippen LogP contribution is -2.56. The number of aromatic hydroxyl groups is 2. The van der Waals surface area contributed by atoms with E-state index in [4.69, 9.17) is 0 Å². The normalized spacial score (nSPS) is 32.1. The van der Waals surface area contributed by atoms with Gasteiger partial charge in [0.2, 0.25) is 0 Å². The summed E-state index contributed by atoms with van der Waals surface area (Å²) in [5.74, 6) is 2.44. The van der Waals surface area contributed by atoms with E-state index < -0.39 is 0 Å². The van der Waals surface area contributed by atoms with Gasteiger partial charge in [-0.2, -0.15) is 0 Å². The van der Waals surface area contributed by atoms with Crippen molar-refractivity contribution in [1.82, 2.24) is 0 Å². The van der Waals surface area contributed by atoms with Gasteiger partial charge in [0.05, 0.1) is 0 Å². The lowest BCUT2D eigenvalue weighted by molar-refractivity contribution is -0.0302. The Morgan fingerprint density at radius 1 is 0.633 bits per heavy atom. The van der Waals surface area contributed by atoms with Gasteiger partial charge in [0.15, 0.2) is 0 Å². The highest BCUT2D eigenvalue weighted by molar-refractivity contribution is 5.57. The van der Waals surface area contributed by atoms with E-state index >= 15 is 0 Å². The largest absolute Gasteiger partial charge is 0.507 e. The molecule has 4 aliphatic carbocycles. The van der Waals surface area contributed by atoms with E-state index in [9.17, 15) is 10.2 Å². The summed E-state index contributed by atoms with van der Waals surface area (Å²) in [5.41, 5.74) is 9.41. The second-order valence-corrected chi connectivity index (χ2v) is 11.2. The molecule has 2 N–H and O–H groups in total. The highest BCUT2D eigenvalue weighted by Crippen LogP contribution is 2.68. The Bertz CT molecular complexity index is 966. The van der Waals surface area contributed by atoms with Crippen molar-refractivity contribution in [2.45, 2.75) is 90.9 Å². The third kappa shape index (κ3) is 2.55. The van der Waals surface area contributed by atoms with E-state index in [-0.39, 0.29) is 10.8 Å². The summed E-state index contributed by atoms with van der Waals surface area (Å²) in [7, 11) is 0. The topological polar surface area (TPSA) is 40.5 Å². The molecule has 0 radical (unpaired) electrons. The second kappa shape index (κ2) is 6.28. The van der Waals surface area contributed by atoms with Gasteiger partial charge >= 0.3 is 0 Å². The summed E-state index contributed by atoms with van der Waals surface area (Å²) in [4.78, 5) is 0. The number of hydrogen-bond donors (Lipinski definition) is 2. The molecule has 0 aromatic heterocycles. The van der Waals surface area contributed by atoms with E-state index in [0.29, 0.717) is 23.3 Å². The van der Waals surface area contributed by atoms with Crippen LogP contribution in [0.15, 0.2) is 12.1 Å². The monoisotopic (exact) mass is 404 g/mol. The van der Waals surface area contributed by atoms with Gasteiger partial charge in [-0.3, -0.25) is 0 Å². The van der Waals surface area contributed by atoms with Crippen LogP contribution in [0.5, 0.6) is 11.5 Å². The van der Waals surface area contributed by atoms with Crippen molar-refractivity contribution >= 4 is 0 Å². The van der Waals surface area contributed by atoms with Crippen molar-refractivity contribution in [3.8, 4) is 11.5 Å². The minimum absolute atomic E-state index is 0.0361. The molecule has 2 aromatic rings. The van der Waals surface area contributed by atoms with Crippen LogP contribution in [-0.4, -0.2) is 10.2 Å². The average Bonchev–Trinajstić information content (AvgIpc) is 2.62. The van der Waals surface area contributed by atoms with E-state index in [2.05, 4.69) is 53.7 Å². The second-order valence-electron chi connectivity index (χ2n) is 11.2. The molecule has 2 aromatic carbocycles. The quantitative estimate of drug-likeness (QED) is 0.582. The Morgan fingerprint density at radius 3 is 1.37 bits per heavy atom. The van der Waals surface area contributed by atoms with Crippen molar-refractivity contribution in [3.63, 3.8) is 0 Å². The van der Waals surface area contributed by atoms with Gasteiger partial charge in [-0.15, -0.1) is 0 Å².